The molecule has 1 amide bonds. The highest BCUT2D eigenvalue weighted by Gasteiger charge is 2.41. The molecule has 1 fully saturated rings. The monoisotopic (exact) mass is 433 g/mol. The van der Waals surface area contributed by atoms with Crippen molar-refractivity contribution in [1.29, 1.82) is 0 Å². The van der Waals surface area contributed by atoms with E-state index in [9.17, 15) is 9.90 Å². The van der Waals surface area contributed by atoms with Crippen LogP contribution in [0.2, 0.25) is 0 Å². The quantitative estimate of drug-likeness (QED) is 0.608. The number of aliphatic hydroxyl groups is 1. The van der Waals surface area contributed by atoms with Gasteiger partial charge in [-0.2, -0.15) is 0 Å². The fourth-order valence-electron chi connectivity index (χ4n) is 4.42. The number of carbonyl (C=O) groups excluding carboxylic acids is 1. The summed E-state index contributed by atoms with van der Waals surface area (Å²) in [6.45, 7) is 10.5. The third kappa shape index (κ3) is 4.34. The number of carbonyl (C=O) groups is 1. The molecule has 1 atom stereocenters. The third-order valence-electron chi connectivity index (χ3n) is 6.34. The first kappa shape index (κ1) is 21.9. The second-order valence-electron chi connectivity index (χ2n) is 8.63. The van der Waals surface area contributed by atoms with E-state index in [-0.39, 0.29) is 11.7 Å². The maximum atomic E-state index is 12.4. The van der Waals surface area contributed by atoms with Gasteiger partial charge in [0.1, 0.15) is 5.82 Å². The number of nitrogens with zero attached hydrogens (tertiary/aromatic N) is 3. The highest BCUT2D eigenvalue weighted by Crippen LogP contribution is 2.41. The average molecular weight is 434 g/mol. The van der Waals surface area contributed by atoms with Crippen LogP contribution in [0.4, 0.5) is 0 Å². The van der Waals surface area contributed by atoms with Crippen molar-refractivity contribution in [3.8, 4) is 0 Å². The number of hydrogen-bond donors (Lipinski definition) is 3. The molecule has 3 heterocycles. The SMILES string of the molecule is C=C(O)CCC(=O)N1CCN(C2=C(c3ccncc3)C(C)(c3ccc(C)cc3)NN2)CC1. The number of rotatable bonds is 6. The van der Waals surface area contributed by atoms with Gasteiger partial charge in [-0.1, -0.05) is 36.4 Å². The molecule has 0 spiro atoms. The van der Waals surface area contributed by atoms with E-state index in [1.807, 2.05) is 29.4 Å². The normalized spacial score (nSPS) is 20.9. The van der Waals surface area contributed by atoms with Gasteiger partial charge in [0.05, 0.1) is 11.3 Å². The molecule has 1 unspecified atom stereocenters. The fraction of sp³-hybridized carbons (Fsp3) is 0.360. The van der Waals surface area contributed by atoms with Gasteiger partial charge in [0, 0.05) is 57.0 Å². The van der Waals surface area contributed by atoms with Crippen molar-refractivity contribution < 1.29 is 9.90 Å². The number of piperazine rings is 1. The predicted molar refractivity (Wildman–Crippen MR) is 125 cm³/mol. The Labute approximate surface area is 189 Å². The molecule has 168 valence electrons. The average Bonchev–Trinajstić information content (AvgIpc) is 3.16. The van der Waals surface area contributed by atoms with Crippen LogP contribution in [-0.4, -0.2) is 52.0 Å². The molecule has 2 aromatic rings. The van der Waals surface area contributed by atoms with Gasteiger partial charge in [0.15, 0.2) is 0 Å². The van der Waals surface area contributed by atoms with Crippen LogP contribution in [0, 0.1) is 6.92 Å². The Morgan fingerprint density at radius 3 is 2.38 bits per heavy atom. The van der Waals surface area contributed by atoms with Crippen LogP contribution >= 0.6 is 0 Å². The van der Waals surface area contributed by atoms with Crippen LogP contribution in [-0.2, 0) is 10.3 Å². The summed E-state index contributed by atoms with van der Waals surface area (Å²) >= 11 is 0. The smallest absolute Gasteiger partial charge is 0.223 e. The molecule has 0 bridgehead atoms. The van der Waals surface area contributed by atoms with Gasteiger partial charge >= 0.3 is 0 Å². The first-order valence-corrected chi connectivity index (χ1v) is 11.0. The molecule has 2 aliphatic rings. The molecule has 3 N–H and O–H groups in total. The number of hydrazine groups is 1. The van der Waals surface area contributed by atoms with Gasteiger partial charge < -0.3 is 20.3 Å². The van der Waals surface area contributed by atoms with Crippen LogP contribution in [0.3, 0.4) is 0 Å². The molecule has 7 nitrogen and oxygen atoms in total. The van der Waals surface area contributed by atoms with Crippen LogP contribution in [0.1, 0.15) is 36.5 Å². The molecular formula is C25H31N5O2. The Kier molecular flexibility index (Phi) is 6.19. The zero-order valence-corrected chi connectivity index (χ0v) is 18.8. The Bertz CT molecular complexity index is 1010. The molecule has 0 radical (unpaired) electrons. The Morgan fingerprint density at radius 2 is 1.75 bits per heavy atom. The summed E-state index contributed by atoms with van der Waals surface area (Å²) in [5.74, 6) is 1.15. The van der Waals surface area contributed by atoms with Gasteiger partial charge in [-0.15, -0.1) is 0 Å². The first-order valence-electron chi connectivity index (χ1n) is 11.0. The van der Waals surface area contributed by atoms with Gasteiger partial charge in [0.25, 0.3) is 0 Å². The number of nitrogens with one attached hydrogen (secondary N) is 2. The van der Waals surface area contributed by atoms with E-state index in [4.69, 9.17) is 0 Å². The standard InChI is InChI=1S/C25H31N5O2/c1-18-4-7-21(8-5-18)25(3)23(20-10-12-26-13-11-20)24(27-28-25)30-16-14-29(15-17-30)22(32)9-6-19(2)31/h4-5,7-8,10-13,27-28,31H,2,6,9,14-17H2,1,3H3. The minimum atomic E-state index is -0.418. The zero-order valence-electron chi connectivity index (χ0n) is 18.8. The van der Waals surface area contributed by atoms with Crippen LogP contribution in [0.25, 0.3) is 5.57 Å². The molecule has 4 rings (SSSR count). The van der Waals surface area contributed by atoms with E-state index in [0.29, 0.717) is 25.9 Å². The van der Waals surface area contributed by atoms with E-state index in [1.54, 1.807) is 0 Å². The maximum absolute atomic E-state index is 12.4. The Balaban J connectivity index is 1.60. The topological polar surface area (TPSA) is 80.7 Å². The first-order chi connectivity index (χ1) is 15.4. The zero-order chi connectivity index (χ0) is 22.7. The number of hydrogen-bond acceptors (Lipinski definition) is 6. The van der Waals surface area contributed by atoms with Crippen LogP contribution in [0.5, 0.6) is 0 Å². The number of allylic oxidation sites excluding steroid dienone is 1. The van der Waals surface area contributed by atoms with Gasteiger partial charge in [-0.3, -0.25) is 9.78 Å². The molecule has 32 heavy (non-hydrogen) atoms. The molecule has 2 aliphatic heterocycles. The van der Waals surface area contributed by atoms with Gasteiger partial charge in [-0.25, -0.2) is 5.43 Å². The third-order valence-corrected chi connectivity index (χ3v) is 6.34. The van der Waals surface area contributed by atoms with E-state index in [1.165, 1.54) is 16.7 Å². The molecule has 1 saturated heterocycles. The number of aryl methyl sites for hydroxylation is 1. The highest BCUT2D eigenvalue weighted by molar-refractivity contribution is 5.79. The second-order valence-corrected chi connectivity index (χ2v) is 8.63. The highest BCUT2D eigenvalue weighted by atomic mass is 16.3. The van der Waals surface area contributed by atoms with Crippen molar-refractivity contribution in [3.63, 3.8) is 0 Å². The molecule has 1 aromatic heterocycles. The largest absolute Gasteiger partial charge is 0.513 e. The van der Waals surface area contributed by atoms with Crippen molar-refractivity contribution in [2.75, 3.05) is 26.2 Å². The summed E-state index contributed by atoms with van der Waals surface area (Å²) in [5, 5.41) is 9.28. The lowest BCUT2D eigenvalue weighted by Gasteiger charge is -2.37. The Hall–Kier alpha value is -3.32. The maximum Gasteiger partial charge on any atom is 0.223 e. The van der Waals surface area contributed by atoms with Gasteiger partial charge in [-0.05, 0) is 37.1 Å². The van der Waals surface area contributed by atoms with E-state index < -0.39 is 5.54 Å². The number of benzene rings is 1. The minimum absolute atomic E-state index is 0.0563. The lowest BCUT2D eigenvalue weighted by atomic mass is 9.82. The van der Waals surface area contributed by atoms with E-state index >= 15 is 0 Å². The molecule has 7 heteroatoms. The number of pyridine rings is 1. The van der Waals surface area contributed by atoms with Crippen molar-refractivity contribution in [2.45, 2.75) is 32.2 Å². The minimum Gasteiger partial charge on any atom is -0.513 e. The van der Waals surface area contributed by atoms with Crippen molar-refractivity contribution >= 4 is 11.5 Å². The van der Waals surface area contributed by atoms with E-state index in [2.05, 4.69) is 65.4 Å². The number of aliphatic hydroxyl groups excluding tert-OH is 1. The van der Waals surface area contributed by atoms with Crippen molar-refractivity contribution in [2.24, 2.45) is 0 Å². The summed E-state index contributed by atoms with van der Waals surface area (Å²) in [6.07, 6.45) is 4.25. The lowest BCUT2D eigenvalue weighted by molar-refractivity contribution is -0.132. The van der Waals surface area contributed by atoms with Crippen molar-refractivity contribution in [1.82, 2.24) is 25.6 Å². The molecule has 0 aliphatic carbocycles. The van der Waals surface area contributed by atoms with Crippen LogP contribution < -0.4 is 10.9 Å². The summed E-state index contributed by atoms with van der Waals surface area (Å²) in [4.78, 5) is 20.8. The summed E-state index contributed by atoms with van der Waals surface area (Å²) in [5.41, 5.74) is 11.2. The van der Waals surface area contributed by atoms with Gasteiger partial charge in [0.2, 0.25) is 5.91 Å². The fourth-order valence-corrected chi connectivity index (χ4v) is 4.42. The lowest BCUT2D eigenvalue weighted by Crippen LogP contribution is -2.50. The Morgan fingerprint density at radius 1 is 1.09 bits per heavy atom. The number of aromatic nitrogens is 1. The molecular weight excluding hydrogens is 402 g/mol. The predicted octanol–water partition coefficient (Wildman–Crippen LogP) is 3.08. The summed E-state index contributed by atoms with van der Waals surface area (Å²) < 4.78 is 0. The van der Waals surface area contributed by atoms with E-state index in [0.717, 1.165) is 24.5 Å². The molecule has 0 saturated carbocycles. The summed E-state index contributed by atoms with van der Waals surface area (Å²) in [6, 6.07) is 12.7. The second kappa shape index (κ2) is 9.04. The summed E-state index contributed by atoms with van der Waals surface area (Å²) in [7, 11) is 0. The molecule has 1 aromatic carbocycles. The van der Waals surface area contributed by atoms with Crippen molar-refractivity contribution in [3.05, 3.63) is 83.6 Å². The van der Waals surface area contributed by atoms with Crippen LogP contribution in [0.15, 0.2) is 67.0 Å². The number of amides is 1.